The second-order valence-corrected chi connectivity index (χ2v) is 6.38. The van der Waals surface area contributed by atoms with Crippen molar-refractivity contribution in [2.45, 2.75) is 26.9 Å². The summed E-state index contributed by atoms with van der Waals surface area (Å²) in [6.45, 7) is 0.0197. The van der Waals surface area contributed by atoms with Gasteiger partial charge in [0.05, 0.1) is 11.0 Å². The largest absolute Gasteiger partial charge is 0.385 e. The Morgan fingerprint density at radius 1 is 1.28 bits per heavy atom. The highest BCUT2D eigenvalue weighted by molar-refractivity contribution is 5.98. The van der Waals surface area contributed by atoms with E-state index >= 15 is 0 Å². The van der Waals surface area contributed by atoms with Crippen molar-refractivity contribution in [2.24, 2.45) is 5.16 Å². The Balaban J connectivity index is 1.61. The lowest BCUT2D eigenvalue weighted by molar-refractivity contribution is -0.125. The third-order valence-corrected chi connectivity index (χ3v) is 4.24. The number of para-hydroxylation sites is 2. The molecule has 0 aliphatic heterocycles. The Morgan fingerprint density at radius 2 is 2.03 bits per heavy atom. The van der Waals surface area contributed by atoms with E-state index in [0.717, 1.165) is 4.57 Å². The SMILES string of the molecule is C/C(=N/OCC(=O)NCc1ccc(C)c(F)c1)c1nc2ccccc2n1C(F)F. The van der Waals surface area contributed by atoms with Crippen molar-refractivity contribution in [3.63, 3.8) is 0 Å². The molecule has 2 aromatic carbocycles. The van der Waals surface area contributed by atoms with Crippen LogP contribution in [0, 0.1) is 12.7 Å². The van der Waals surface area contributed by atoms with E-state index in [1.807, 2.05) is 0 Å². The van der Waals surface area contributed by atoms with Crippen LogP contribution in [0.15, 0.2) is 47.6 Å². The summed E-state index contributed by atoms with van der Waals surface area (Å²) in [7, 11) is 0. The van der Waals surface area contributed by atoms with Gasteiger partial charge in [0.15, 0.2) is 12.4 Å². The summed E-state index contributed by atoms with van der Waals surface area (Å²) in [5.41, 5.74) is 1.90. The number of imidazole rings is 1. The van der Waals surface area contributed by atoms with Gasteiger partial charge in [-0.1, -0.05) is 29.4 Å². The number of aryl methyl sites for hydroxylation is 1. The van der Waals surface area contributed by atoms with Crippen LogP contribution in [0.5, 0.6) is 0 Å². The number of alkyl halides is 2. The molecule has 3 aromatic rings. The van der Waals surface area contributed by atoms with Gasteiger partial charge in [0.1, 0.15) is 11.5 Å². The van der Waals surface area contributed by atoms with Crippen LogP contribution < -0.4 is 5.32 Å². The van der Waals surface area contributed by atoms with E-state index in [-0.39, 0.29) is 29.4 Å². The van der Waals surface area contributed by atoms with E-state index in [1.54, 1.807) is 37.3 Å². The molecule has 152 valence electrons. The normalized spacial score (nSPS) is 11.9. The molecule has 29 heavy (non-hydrogen) atoms. The van der Waals surface area contributed by atoms with Crippen molar-refractivity contribution >= 4 is 22.7 Å². The summed E-state index contributed by atoms with van der Waals surface area (Å²) >= 11 is 0. The second kappa shape index (κ2) is 8.76. The monoisotopic (exact) mass is 404 g/mol. The quantitative estimate of drug-likeness (QED) is 0.479. The summed E-state index contributed by atoms with van der Waals surface area (Å²) in [5, 5.41) is 6.30. The Morgan fingerprint density at radius 3 is 2.76 bits per heavy atom. The van der Waals surface area contributed by atoms with E-state index in [2.05, 4.69) is 15.5 Å². The fraction of sp³-hybridized carbons (Fsp3) is 0.250. The van der Waals surface area contributed by atoms with Gasteiger partial charge in [-0.15, -0.1) is 0 Å². The molecule has 3 rings (SSSR count). The molecule has 0 fully saturated rings. The minimum absolute atomic E-state index is 0.0447. The van der Waals surface area contributed by atoms with Crippen LogP contribution in [0.25, 0.3) is 11.0 Å². The van der Waals surface area contributed by atoms with Crippen LogP contribution in [0.1, 0.15) is 30.4 Å². The first kappa shape index (κ1) is 20.4. The van der Waals surface area contributed by atoms with Gasteiger partial charge in [-0.2, -0.15) is 8.78 Å². The Kier molecular flexibility index (Phi) is 6.16. The van der Waals surface area contributed by atoms with Crippen LogP contribution in [0.4, 0.5) is 13.2 Å². The summed E-state index contributed by atoms with van der Waals surface area (Å²) in [6, 6.07) is 11.2. The lowest BCUT2D eigenvalue weighted by Gasteiger charge is -2.08. The number of halogens is 3. The van der Waals surface area contributed by atoms with E-state index in [1.165, 1.54) is 19.1 Å². The van der Waals surface area contributed by atoms with Gasteiger partial charge < -0.3 is 10.2 Å². The highest BCUT2D eigenvalue weighted by Crippen LogP contribution is 2.23. The molecule has 0 saturated heterocycles. The van der Waals surface area contributed by atoms with Crippen LogP contribution >= 0.6 is 0 Å². The third-order valence-electron chi connectivity index (χ3n) is 4.24. The molecule has 0 spiro atoms. The maximum Gasteiger partial charge on any atom is 0.320 e. The zero-order valence-corrected chi connectivity index (χ0v) is 15.8. The zero-order chi connectivity index (χ0) is 21.0. The Bertz CT molecular complexity index is 1060. The van der Waals surface area contributed by atoms with E-state index < -0.39 is 19.1 Å². The molecule has 1 aromatic heterocycles. The van der Waals surface area contributed by atoms with Crippen LogP contribution in [-0.4, -0.2) is 27.8 Å². The first-order valence-electron chi connectivity index (χ1n) is 8.80. The van der Waals surface area contributed by atoms with Crippen molar-refractivity contribution in [1.29, 1.82) is 0 Å². The molecular formula is C20H19F3N4O2. The predicted octanol–water partition coefficient (Wildman–Crippen LogP) is 3.94. The number of amides is 1. The maximum absolute atomic E-state index is 13.5. The molecule has 0 aliphatic carbocycles. The Labute approximate surface area is 165 Å². The molecule has 0 bridgehead atoms. The van der Waals surface area contributed by atoms with Crippen molar-refractivity contribution in [3.8, 4) is 0 Å². The number of oxime groups is 1. The molecular weight excluding hydrogens is 385 g/mol. The lowest BCUT2D eigenvalue weighted by Crippen LogP contribution is -2.26. The van der Waals surface area contributed by atoms with Gasteiger partial charge in [0.2, 0.25) is 0 Å². The first-order chi connectivity index (χ1) is 13.9. The molecule has 1 heterocycles. The number of hydrogen-bond acceptors (Lipinski definition) is 4. The van der Waals surface area contributed by atoms with Gasteiger partial charge in [0.25, 0.3) is 5.91 Å². The van der Waals surface area contributed by atoms with Crippen molar-refractivity contribution in [2.75, 3.05) is 6.61 Å². The molecule has 0 saturated carbocycles. The third kappa shape index (κ3) is 4.74. The molecule has 9 heteroatoms. The number of nitrogens with one attached hydrogen (secondary N) is 1. The number of hydrogen-bond donors (Lipinski definition) is 1. The van der Waals surface area contributed by atoms with Crippen molar-refractivity contribution < 1.29 is 22.8 Å². The van der Waals surface area contributed by atoms with Gasteiger partial charge in [0, 0.05) is 6.54 Å². The molecule has 0 unspecified atom stereocenters. The van der Waals surface area contributed by atoms with Crippen molar-refractivity contribution in [1.82, 2.24) is 14.9 Å². The number of fused-ring (bicyclic) bond motifs is 1. The minimum atomic E-state index is -2.80. The van der Waals surface area contributed by atoms with Crippen LogP contribution in [0.3, 0.4) is 0 Å². The fourth-order valence-corrected chi connectivity index (χ4v) is 2.72. The number of nitrogens with zero attached hydrogens (tertiary/aromatic N) is 3. The fourth-order valence-electron chi connectivity index (χ4n) is 2.72. The van der Waals surface area contributed by atoms with Gasteiger partial charge in [-0.3, -0.25) is 9.36 Å². The zero-order valence-electron chi connectivity index (χ0n) is 15.8. The van der Waals surface area contributed by atoms with Gasteiger partial charge >= 0.3 is 6.55 Å². The highest BCUT2D eigenvalue weighted by atomic mass is 19.3. The topological polar surface area (TPSA) is 68.5 Å². The number of aromatic nitrogens is 2. The van der Waals surface area contributed by atoms with E-state index in [0.29, 0.717) is 16.6 Å². The average Bonchev–Trinajstić information content (AvgIpc) is 3.09. The van der Waals surface area contributed by atoms with Crippen LogP contribution in [0.2, 0.25) is 0 Å². The molecule has 1 N–H and O–H groups in total. The number of rotatable bonds is 7. The van der Waals surface area contributed by atoms with Gasteiger partial charge in [-0.25, -0.2) is 9.37 Å². The highest BCUT2D eigenvalue weighted by Gasteiger charge is 2.19. The Hall–Kier alpha value is -3.36. The number of carbonyl (C=O) groups is 1. The van der Waals surface area contributed by atoms with Crippen LogP contribution in [-0.2, 0) is 16.2 Å². The molecule has 1 amide bonds. The number of carbonyl (C=O) groups excluding carboxylic acids is 1. The summed E-state index contributed by atoms with van der Waals surface area (Å²) in [4.78, 5) is 21.0. The maximum atomic E-state index is 13.5. The minimum Gasteiger partial charge on any atom is -0.385 e. The first-order valence-corrected chi connectivity index (χ1v) is 8.80. The molecule has 0 aliphatic rings. The number of benzene rings is 2. The predicted molar refractivity (Wildman–Crippen MR) is 102 cm³/mol. The standard InChI is InChI=1S/C20H19F3N4O2/c1-12-7-8-14(9-15(12)21)10-24-18(28)11-29-26-13(2)19-25-16-5-3-4-6-17(16)27(19)20(22)23/h3-9,20H,10-11H2,1-2H3,(H,24,28)/b26-13-. The smallest absolute Gasteiger partial charge is 0.320 e. The van der Waals surface area contributed by atoms with Gasteiger partial charge in [-0.05, 0) is 43.2 Å². The summed E-state index contributed by atoms with van der Waals surface area (Å²) in [5.74, 6) is -0.878. The molecule has 6 nitrogen and oxygen atoms in total. The summed E-state index contributed by atoms with van der Waals surface area (Å²) < 4.78 is 41.2. The molecule has 0 radical (unpaired) electrons. The van der Waals surface area contributed by atoms with E-state index in [9.17, 15) is 18.0 Å². The van der Waals surface area contributed by atoms with E-state index in [4.69, 9.17) is 4.84 Å². The summed E-state index contributed by atoms with van der Waals surface area (Å²) in [6.07, 6.45) is 0. The average molecular weight is 404 g/mol. The van der Waals surface area contributed by atoms with Crippen molar-refractivity contribution in [3.05, 3.63) is 65.2 Å². The lowest BCUT2D eigenvalue weighted by atomic mass is 10.1. The second-order valence-electron chi connectivity index (χ2n) is 6.38. The molecule has 0 atom stereocenters.